The molecule has 82 heavy (non-hydrogen) atoms. The van der Waals surface area contributed by atoms with Gasteiger partial charge < -0.3 is 20.1 Å². The van der Waals surface area contributed by atoms with E-state index < -0.39 is 26.5 Å². The van der Waals surface area contributed by atoms with Gasteiger partial charge in [-0.3, -0.25) is 18.6 Å². The van der Waals surface area contributed by atoms with Gasteiger partial charge in [-0.25, -0.2) is 4.57 Å². The van der Waals surface area contributed by atoms with Crippen LogP contribution in [0, 0.1) is 0 Å². The Morgan fingerprint density at radius 3 is 1.00 bits per heavy atom. The Hall–Kier alpha value is -2.29. The summed E-state index contributed by atoms with van der Waals surface area (Å²) in [7, 11) is -4.39. The third-order valence-electron chi connectivity index (χ3n) is 15.7. The van der Waals surface area contributed by atoms with Crippen LogP contribution in [-0.2, 0) is 32.7 Å². The molecule has 0 saturated heterocycles. The molecule has 0 spiro atoms. The predicted octanol–water partition coefficient (Wildman–Crippen LogP) is 23.0. The minimum atomic E-state index is -4.39. The first-order chi connectivity index (χ1) is 40.3. The van der Waals surface area contributed by atoms with Crippen LogP contribution in [0.25, 0.3) is 0 Å². The molecule has 0 amide bonds. The van der Waals surface area contributed by atoms with E-state index >= 15 is 0 Å². The number of unbranched alkanes of at least 4 members (excludes halogenated alkanes) is 44. The van der Waals surface area contributed by atoms with Crippen LogP contribution >= 0.6 is 7.82 Å². The molecule has 0 radical (unpaired) electrons. The summed E-state index contributed by atoms with van der Waals surface area (Å²) in [5, 5.41) is 0. The van der Waals surface area contributed by atoms with E-state index in [-0.39, 0.29) is 38.6 Å². The third-order valence-corrected chi connectivity index (χ3v) is 16.7. The number of ether oxygens (including phenoxy) is 2. The summed E-state index contributed by atoms with van der Waals surface area (Å²) < 4.78 is 33.2. The smallest absolute Gasteiger partial charge is 0.462 e. The van der Waals surface area contributed by atoms with Gasteiger partial charge in [-0.2, -0.15) is 0 Å². The molecular formula is C72H134NO8P. The Balaban J connectivity index is 3.84. The largest absolute Gasteiger partial charge is 0.472 e. The van der Waals surface area contributed by atoms with E-state index in [0.717, 1.165) is 70.6 Å². The Bertz CT molecular complexity index is 1530. The average molecular weight is 1170 g/mol. The van der Waals surface area contributed by atoms with Crippen LogP contribution in [0.2, 0.25) is 0 Å². The number of nitrogens with two attached hydrogens (primary N) is 1. The van der Waals surface area contributed by atoms with Gasteiger partial charge >= 0.3 is 19.8 Å². The van der Waals surface area contributed by atoms with E-state index in [2.05, 4.69) is 74.6 Å². The molecule has 480 valence electrons. The van der Waals surface area contributed by atoms with Crippen molar-refractivity contribution in [3.05, 3.63) is 60.8 Å². The zero-order chi connectivity index (χ0) is 59.4. The number of carbonyl (C=O) groups is 2. The molecule has 9 nitrogen and oxygen atoms in total. The molecular weight excluding hydrogens is 1040 g/mol. The first-order valence-electron chi connectivity index (χ1n) is 35.3. The van der Waals surface area contributed by atoms with Crippen molar-refractivity contribution in [2.45, 2.75) is 360 Å². The summed E-state index contributed by atoms with van der Waals surface area (Å²) in [5.41, 5.74) is 5.40. The standard InChI is InChI=1S/C72H134NO8P/c1-3-5-7-9-11-13-15-17-19-21-23-25-27-29-31-33-35-37-39-41-43-45-47-49-51-53-55-57-59-61-63-65-72(75)81-70(69-80-82(76,77)79-67-66-73)68-78-71(74)64-62-60-58-56-54-52-50-48-46-44-42-40-38-36-34-32-30-28-26-24-22-20-18-16-14-12-10-8-6-4-2/h5,7,11,13,17,19,23,25,29,31,70H,3-4,6,8-10,12,14-16,18,20-22,24,26-28,30,32-69,73H2,1-2H3,(H,76,77)/b7-5-,13-11-,19-17-,25-23-,31-29-. The highest BCUT2D eigenvalue weighted by atomic mass is 31.2. The van der Waals surface area contributed by atoms with Gasteiger partial charge in [0.15, 0.2) is 6.10 Å². The Morgan fingerprint density at radius 1 is 0.378 bits per heavy atom. The predicted molar refractivity (Wildman–Crippen MR) is 353 cm³/mol. The van der Waals surface area contributed by atoms with E-state index in [1.165, 1.54) is 250 Å². The lowest BCUT2D eigenvalue weighted by atomic mass is 10.0. The molecule has 2 unspecified atom stereocenters. The van der Waals surface area contributed by atoms with Crippen LogP contribution in [0.3, 0.4) is 0 Å². The molecule has 10 heteroatoms. The van der Waals surface area contributed by atoms with Gasteiger partial charge in [0.25, 0.3) is 0 Å². The molecule has 0 aliphatic carbocycles. The molecule has 0 aromatic carbocycles. The van der Waals surface area contributed by atoms with Crippen LogP contribution in [0.4, 0.5) is 0 Å². The number of esters is 2. The second-order valence-electron chi connectivity index (χ2n) is 23.7. The van der Waals surface area contributed by atoms with Crippen molar-refractivity contribution in [3.8, 4) is 0 Å². The number of carbonyl (C=O) groups excluding carboxylic acids is 2. The topological polar surface area (TPSA) is 134 Å². The van der Waals surface area contributed by atoms with Gasteiger partial charge in [0.2, 0.25) is 0 Å². The molecule has 0 saturated carbocycles. The van der Waals surface area contributed by atoms with Crippen LogP contribution in [0.15, 0.2) is 60.8 Å². The Labute approximate surface area is 508 Å². The van der Waals surface area contributed by atoms with E-state index in [9.17, 15) is 19.0 Å². The zero-order valence-electron chi connectivity index (χ0n) is 54.0. The van der Waals surface area contributed by atoms with Crippen molar-refractivity contribution < 1.29 is 37.6 Å². The summed E-state index contributed by atoms with van der Waals surface area (Å²) in [4.78, 5) is 35.4. The van der Waals surface area contributed by atoms with Crippen molar-refractivity contribution in [1.29, 1.82) is 0 Å². The van der Waals surface area contributed by atoms with Gasteiger partial charge in [-0.15, -0.1) is 0 Å². The lowest BCUT2D eigenvalue weighted by Crippen LogP contribution is -2.29. The normalized spacial score (nSPS) is 13.3. The number of phosphoric ester groups is 1. The number of hydrogen-bond acceptors (Lipinski definition) is 8. The van der Waals surface area contributed by atoms with Crippen molar-refractivity contribution >= 4 is 19.8 Å². The molecule has 0 fully saturated rings. The third kappa shape index (κ3) is 66.8. The highest BCUT2D eigenvalue weighted by molar-refractivity contribution is 7.47. The fraction of sp³-hybridized carbons (Fsp3) is 0.833. The van der Waals surface area contributed by atoms with E-state index in [4.69, 9.17) is 24.3 Å². The lowest BCUT2D eigenvalue weighted by Gasteiger charge is -2.19. The van der Waals surface area contributed by atoms with Gasteiger partial charge in [-0.05, 0) is 57.8 Å². The highest BCUT2D eigenvalue weighted by Crippen LogP contribution is 2.43. The van der Waals surface area contributed by atoms with Crippen molar-refractivity contribution in [1.82, 2.24) is 0 Å². The van der Waals surface area contributed by atoms with Crippen LogP contribution < -0.4 is 5.73 Å². The molecule has 2 atom stereocenters. The second kappa shape index (κ2) is 67.8. The van der Waals surface area contributed by atoms with Crippen LogP contribution in [-0.4, -0.2) is 49.3 Å². The molecule has 3 N–H and O–H groups in total. The summed E-state index contributed by atoms with van der Waals surface area (Å²) in [6, 6.07) is 0. The number of hydrogen-bond donors (Lipinski definition) is 2. The van der Waals surface area contributed by atoms with Gasteiger partial charge in [0.1, 0.15) is 6.61 Å². The second-order valence-corrected chi connectivity index (χ2v) is 25.2. The summed E-state index contributed by atoms with van der Waals surface area (Å²) in [6.45, 7) is 3.70. The molecule has 0 aromatic heterocycles. The van der Waals surface area contributed by atoms with Gasteiger partial charge in [-0.1, -0.05) is 344 Å². The van der Waals surface area contributed by atoms with Gasteiger partial charge in [0.05, 0.1) is 13.2 Å². The van der Waals surface area contributed by atoms with Gasteiger partial charge in [0, 0.05) is 19.4 Å². The average Bonchev–Trinajstić information content (AvgIpc) is 3.48. The Morgan fingerprint density at radius 2 is 0.671 bits per heavy atom. The first-order valence-corrected chi connectivity index (χ1v) is 36.8. The number of phosphoric acid groups is 1. The molecule has 0 bridgehead atoms. The van der Waals surface area contributed by atoms with E-state index in [1.54, 1.807) is 0 Å². The molecule has 0 aliphatic heterocycles. The first kappa shape index (κ1) is 79.7. The minimum Gasteiger partial charge on any atom is -0.462 e. The zero-order valence-corrected chi connectivity index (χ0v) is 54.9. The van der Waals surface area contributed by atoms with Crippen molar-refractivity contribution in [2.75, 3.05) is 26.4 Å². The monoisotopic (exact) mass is 1170 g/mol. The summed E-state index contributed by atoms with van der Waals surface area (Å²) >= 11 is 0. The van der Waals surface area contributed by atoms with Crippen LogP contribution in [0.5, 0.6) is 0 Å². The SMILES string of the molecule is CC/C=C\C/C=C\C/C=C\C/C=C\C/C=C\CCCCCCCCCCCCCCCCCC(=O)OC(COC(=O)CCCCCCCCCCCCCCCCCCCCCCCCCCCCCCCC)COP(=O)(O)OCCN. The maximum Gasteiger partial charge on any atom is 0.472 e. The van der Waals surface area contributed by atoms with Crippen LogP contribution in [0.1, 0.15) is 354 Å². The quantitative estimate of drug-likeness (QED) is 0.0264. The maximum absolute atomic E-state index is 12.8. The maximum atomic E-state index is 12.8. The molecule has 0 rings (SSSR count). The lowest BCUT2D eigenvalue weighted by molar-refractivity contribution is -0.161. The van der Waals surface area contributed by atoms with Crippen molar-refractivity contribution in [3.63, 3.8) is 0 Å². The molecule has 0 aliphatic rings. The molecule has 0 aromatic rings. The van der Waals surface area contributed by atoms with E-state index in [0.29, 0.717) is 6.42 Å². The van der Waals surface area contributed by atoms with E-state index in [1.807, 2.05) is 0 Å². The fourth-order valence-electron chi connectivity index (χ4n) is 10.5. The summed E-state index contributed by atoms with van der Waals surface area (Å²) in [6.07, 6.45) is 87.5. The highest BCUT2D eigenvalue weighted by Gasteiger charge is 2.26. The fourth-order valence-corrected chi connectivity index (χ4v) is 11.3. The number of allylic oxidation sites excluding steroid dienone is 10. The Kier molecular flexibility index (Phi) is 65.9. The summed E-state index contributed by atoms with van der Waals surface area (Å²) in [5.74, 6) is -0.810. The molecule has 0 heterocycles. The van der Waals surface area contributed by atoms with Crippen molar-refractivity contribution in [2.24, 2.45) is 5.73 Å². The minimum absolute atomic E-state index is 0.0542. The number of rotatable bonds is 67.